The van der Waals surface area contributed by atoms with Crippen molar-refractivity contribution in [3.05, 3.63) is 11.6 Å². The maximum absolute atomic E-state index is 12.4. The van der Waals surface area contributed by atoms with Crippen molar-refractivity contribution < 1.29 is 44.5 Å². The number of hydrogen-bond acceptors (Lipinski definition) is 9. The minimum absolute atomic E-state index is 0.0117. The second-order valence-electron chi connectivity index (χ2n) is 13.5. The van der Waals surface area contributed by atoms with Gasteiger partial charge in [-0.15, -0.1) is 0 Å². The summed E-state index contributed by atoms with van der Waals surface area (Å²) in [5.41, 5.74) is -2.15. The molecular formula is C29H44O9. The van der Waals surface area contributed by atoms with E-state index in [4.69, 9.17) is 14.2 Å². The number of aliphatic hydroxyl groups is 5. The van der Waals surface area contributed by atoms with Gasteiger partial charge in [0.15, 0.2) is 6.29 Å². The van der Waals surface area contributed by atoms with E-state index in [1.54, 1.807) is 13.0 Å². The quantitative estimate of drug-likeness (QED) is 0.267. The Bertz CT molecular complexity index is 973. The number of fused-ring (bicyclic) bond motifs is 5. The van der Waals surface area contributed by atoms with Crippen LogP contribution in [0.4, 0.5) is 0 Å². The Balaban J connectivity index is 1.21. The third-order valence-corrected chi connectivity index (χ3v) is 12.1. The van der Waals surface area contributed by atoms with E-state index in [1.165, 1.54) is 0 Å². The summed E-state index contributed by atoms with van der Waals surface area (Å²) in [7, 11) is 0. The first kappa shape index (κ1) is 27.1. The van der Waals surface area contributed by atoms with E-state index in [-0.39, 0.29) is 48.3 Å². The van der Waals surface area contributed by atoms with E-state index >= 15 is 0 Å². The molecule has 0 aromatic heterocycles. The third-order valence-electron chi connectivity index (χ3n) is 12.1. The van der Waals surface area contributed by atoms with Crippen LogP contribution in [0.25, 0.3) is 0 Å². The van der Waals surface area contributed by atoms with Gasteiger partial charge in [0, 0.05) is 29.7 Å². The Hall–Kier alpha value is -1.07. The number of carbonyl (C=O) groups is 1. The van der Waals surface area contributed by atoms with E-state index in [0.29, 0.717) is 45.1 Å². The van der Waals surface area contributed by atoms with Crippen molar-refractivity contribution >= 4 is 5.97 Å². The van der Waals surface area contributed by atoms with Crippen molar-refractivity contribution in [2.24, 2.45) is 28.6 Å². The molecule has 1 saturated heterocycles. The molecular weight excluding hydrogens is 492 g/mol. The van der Waals surface area contributed by atoms with Crippen LogP contribution in [-0.4, -0.2) is 86.6 Å². The lowest BCUT2D eigenvalue weighted by molar-refractivity contribution is -0.297. The Labute approximate surface area is 224 Å². The van der Waals surface area contributed by atoms with Crippen LogP contribution in [0.3, 0.4) is 0 Å². The lowest BCUT2D eigenvalue weighted by atomic mass is 9.41. The van der Waals surface area contributed by atoms with Gasteiger partial charge in [-0.25, -0.2) is 4.79 Å². The van der Waals surface area contributed by atoms with E-state index in [9.17, 15) is 30.3 Å². The minimum Gasteiger partial charge on any atom is -0.458 e. The largest absolute Gasteiger partial charge is 0.458 e. The van der Waals surface area contributed by atoms with E-state index in [2.05, 4.69) is 6.92 Å². The molecule has 2 unspecified atom stereocenters. The Morgan fingerprint density at radius 3 is 2.50 bits per heavy atom. The first-order valence-corrected chi connectivity index (χ1v) is 14.6. The average Bonchev–Trinajstić information content (AvgIpc) is 3.41. The van der Waals surface area contributed by atoms with Crippen LogP contribution in [-0.2, 0) is 19.0 Å². The van der Waals surface area contributed by atoms with Crippen LogP contribution in [0, 0.1) is 28.6 Å². The SMILES string of the molecule is C[C@H]1O[C@@H](O[C@H]2CC[C@]3(CO)C4CC[C@]5(C)C(C6=CC(=O)OC6)CC[C@]5(O)[C@@H]4CC[C@]3(O)C2)C[C@H](O)[C@H]1O. The first-order chi connectivity index (χ1) is 18.0. The van der Waals surface area contributed by atoms with Crippen LogP contribution in [0.15, 0.2) is 11.6 Å². The molecule has 0 radical (unpaired) electrons. The molecule has 5 N–H and O–H groups in total. The molecule has 0 aromatic rings. The zero-order valence-corrected chi connectivity index (χ0v) is 22.6. The second kappa shape index (κ2) is 9.23. The highest BCUT2D eigenvalue weighted by Gasteiger charge is 2.71. The van der Waals surface area contributed by atoms with Gasteiger partial charge in [-0.3, -0.25) is 0 Å². The van der Waals surface area contributed by atoms with Crippen molar-refractivity contribution in [3.63, 3.8) is 0 Å². The van der Waals surface area contributed by atoms with Crippen molar-refractivity contribution in [1.82, 2.24) is 0 Å². The van der Waals surface area contributed by atoms with Gasteiger partial charge in [-0.1, -0.05) is 6.92 Å². The predicted molar refractivity (Wildman–Crippen MR) is 134 cm³/mol. The van der Waals surface area contributed by atoms with Crippen molar-refractivity contribution in [1.29, 1.82) is 0 Å². The van der Waals surface area contributed by atoms with Crippen LogP contribution in [0.1, 0.15) is 78.1 Å². The molecule has 2 aliphatic heterocycles. The van der Waals surface area contributed by atoms with Gasteiger partial charge in [0.25, 0.3) is 0 Å². The summed E-state index contributed by atoms with van der Waals surface area (Å²) in [4.78, 5) is 11.8. The maximum Gasteiger partial charge on any atom is 0.331 e. The zero-order chi connectivity index (χ0) is 27.1. The summed E-state index contributed by atoms with van der Waals surface area (Å²) in [6.45, 7) is 4.05. The highest BCUT2D eigenvalue weighted by molar-refractivity contribution is 5.85. The van der Waals surface area contributed by atoms with Crippen LogP contribution >= 0.6 is 0 Å². The van der Waals surface area contributed by atoms with Crippen molar-refractivity contribution in [3.8, 4) is 0 Å². The molecule has 9 nitrogen and oxygen atoms in total. The topological polar surface area (TPSA) is 146 Å². The maximum atomic E-state index is 12.4. The van der Waals surface area contributed by atoms with Gasteiger partial charge in [-0.05, 0) is 81.6 Å². The van der Waals surface area contributed by atoms with Crippen LogP contribution in [0.5, 0.6) is 0 Å². The summed E-state index contributed by atoms with van der Waals surface area (Å²) in [6.07, 6.45) is 4.24. The highest BCUT2D eigenvalue weighted by Crippen LogP contribution is 2.70. The number of esters is 1. The lowest BCUT2D eigenvalue weighted by Crippen LogP contribution is -2.69. The Kier molecular flexibility index (Phi) is 6.58. The lowest BCUT2D eigenvalue weighted by Gasteiger charge is -2.66. The normalized spacial score (nSPS) is 54.5. The standard InChI is InChI=1S/C29H44O9/c1-16-25(33)22(31)12-24(37-16)38-18-3-8-27(15-30)20-4-7-26(2)19(17-11-23(32)36-14-17)6-10-29(26,35)21(20)5-9-28(27,34)13-18/h11,16,18-22,24-25,30-31,33-35H,3-10,12-15H2,1-2H3/t16-,18+,19?,20?,21-,22+,24+,25+,26-,27+,28+,29+/m1/s1. The summed E-state index contributed by atoms with van der Waals surface area (Å²) in [5.74, 6) is -0.245. The smallest absolute Gasteiger partial charge is 0.331 e. The van der Waals surface area contributed by atoms with Gasteiger partial charge in [0.1, 0.15) is 12.7 Å². The van der Waals surface area contributed by atoms with Gasteiger partial charge in [0.05, 0.1) is 36.1 Å². The van der Waals surface area contributed by atoms with Crippen molar-refractivity contribution in [2.45, 2.75) is 120 Å². The van der Waals surface area contributed by atoms with E-state index in [1.807, 2.05) is 0 Å². The molecule has 9 heteroatoms. The molecule has 4 aliphatic carbocycles. The molecule has 5 fully saturated rings. The fourth-order valence-corrected chi connectivity index (χ4v) is 9.94. The van der Waals surface area contributed by atoms with Gasteiger partial charge < -0.3 is 39.7 Å². The molecule has 0 amide bonds. The van der Waals surface area contributed by atoms with Gasteiger partial charge >= 0.3 is 5.97 Å². The molecule has 38 heavy (non-hydrogen) atoms. The number of aliphatic hydroxyl groups excluding tert-OH is 3. The number of carbonyl (C=O) groups excluding carboxylic acids is 1. The van der Waals surface area contributed by atoms with Gasteiger partial charge in [-0.2, -0.15) is 0 Å². The molecule has 6 aliphatic rings. The number of hydrogen-bond donors (Lipinski definition) is 5. The fraction of sp³-hybridized carbons (Fsp3) is 0.897. The molecule has 214 valence electrons. The van der Waals surface area contributed by atoms with Crippen molar-refractivity contribution in [2.75, 3.05) is 13.2 Å². The molecule has 4 saturated carbocycles. The summed E-state index contributed by atoms with van der Waals surface area (Å²) in [5, 5.41) is 55.6. The fourth-order valence-electron chi connectivity index (χ4n) is 9.94. The molecule has 6 rings (SSSR count). The van der Waals surface area contributed by atoms with Crippen LogP contribution in [0.2, 0.25) is 0 Å². The average molecular weight is 537 g/mol. The minimum atomic E-state index is -1.12. The second-order valence-corrected chi connectivity index (χ2v) is 13.5. The number of rotatable bonds is 4. The number of ether oxygens (including phenoxy) is 3. The summed E-state index contributed by atoms with van der Waals surface area (Å²) >= 11 is 0. The molecule has 0 bridgehead atoms. The Morgan fingerprint density at radius 1 is 1.05 bits per heavy atom. The molecule has 2 heterocycles. The van der Waals surface area contributed by atoms with Gasteiger partial charge in [0.2, 0.25) is 0 Å². The summed E-state index contributed by atoms with van der Waals surface area (Å²) in [6, 6.07) is 0. The molecule has 0 spiro atoms. The molecule has 0 aromatic carbocycles. The summed E-state index contributed by atoms with van der Waals surface area (Å²) < 4.78 is 17.2. The van der Waals surface area contributed by atoms with E-state index in [0.717, 1.165) is 24.8 Å². The Morgan fingerprint density at radius 2 is 1.82 bits per heavy atom. The predicted octanol–water partition coefficient (Wildman–Crippen LogP) is 1.57. The van der Waals surface area contributed by atoms with Crippen LogP contribution < -0.4 is 0 Å². The van der Waals surface area contributed by atoms with E-state index < -0.39 is 41.2 Å². The third kappa shape index (κ3) is 3.72. The first-order valence-electron chi connectivity index (χ1n) is 14.6. The monoisotopic (exact) mass is 536 g/mol. The highest BCUT2D eigenvalue weighted by atomic mass is 16.7. The zero-order valence-electron chi connectivity index (χ0n) is 22.6. The molecule has 12 atom stereocenters. The number of cyclic esters (lactones) is 1.